The molecule has 3 rings (SSSR count). The van der Waals surface area contributed by atoms with Gasteiger partial charge in [-0.25, -0.2) is 4.39 Å². The average molecular weight is 326 g/mol. The highest BCUT2D eigenvalue weighted by Crippen LogP contribution is 2.22. The average Bonchev–Trinajstić information content (AvgIpc) is 2.56. The second kappa shape index (κ2) is 6.43. The molecular weight excluding hydrogens is 307 g/mol. The van der Waals surface area contributed by atoms with Gasteiger partial charge in [0, 0.05) is 24.3 Å². The molecule has 1 unspecified atom stereocenters. The zero-order valence-electron chi connectivity index (χ0n) is 13.7. The molecule has 0 spiro atoms. The summed E-state index contributed by atoms with van der Waals surface area (Å²) in [5, 5.41) is 0. The maximum atomic E-state index is 13.4. The highest BCUT2D eigenvalue weighted by Gasteiger charge is 2.35. The molecule has 2 aromatic rings. The molecule has 4 nitrogen and oxygen atoms in total. The fraction of sp³-hybridized carbons (Fsp3) is 0.263. The monoisotopic (exact) mass is 326 g/mol. The van der Waals surface area contributed by atoms with Crippen molar-refractivity contribution < 1.29 is 14.0 Å². The van der Waals surface area contributed by atoms with Crippen LogP contribution in [0.25, 0.3) is 0 Å². The molecule has 0 bridgehead atoms. The minimum atomic E-state index is -0.588. The second-order valence-electron chi connectivity index (χ2n) is 6.01. The molecule has 1 aliphatic rings. The molecule has 124 valence electrons. The van der Waals surface area contributed by atoms with E-state index in [0.29, 0.717) is 24.3 Å². The number of rotatable bonds is 2. The van der Waals surface area contributed by atoms with E-state index in [0.717, 1.165) is 5.56 Å². The predicted molar refractivity (Wildman–Crippen MR) is 90.4 cm³/mol. The number of nitrogens with zero attached hydrogens (tertiary/aromatic N) is 2. The molecule has 0 aromatic heterocycles. The Morgan fingerprint density at radius 2 is 1.88 bits per heavy atom. The van der Waals surface area contributed by atoms with Crippen LogP contribution in [0.15, 0.2) is 48.5 Å². The summed E-state index contributed by atoms with van der Waals surface area (Å²) in [6.07, 6.45) is 0. The highest BCUT2D eigenvalue weighted by atomic mass is 19.1. The Balaban J connectivity index is 1.81. The molecule has 1 heterocycles. The van der Waals surface area contributed by atoms with Crippen molar-refractivity contribution in [2.24, 2.45) is 0 Å². The van der Waals surface area contributed by atoms with Gasteiger partial charge in [0.1, 0.15) is 11.9 Å². The summed E-state index contributed by atoms with van der Waals surface area (Å²) in [4.78, 5) is 28.5. The third kappa shape index (κ3) is 3.02. The number of hydrogen-bond acceptors (Lipinski definition) is 2. The third-order valence-electron chi connectivity index (χ3n) is 4.30. The first-order valence-electron chi connectivity index (χ1n) is 7.92. The molecular formula is C19H19FN2O2. The van der Waals surface area contributed by atoms with Crippen molar-refractivity contribution >= 4 is 17.5 Å². The summed E-state index contributed by atoms with van der Waals surface area (Å²) in [5.41, 5.74) is 2.10. The molecule has 0 saturated carbocycles. The molecule has 2 amide bonds. The lowest BCUT2D eigenvalue weighted by Crippen LogP contribution is -2.57. The van der Waals surface area contributed by atoms with Crippen molar-refractivity contribution in [3.8, 4) is 0 Å². The topological polar surface area (TPSA) is 40.6 Å². The van der Waals surface area contributed by atoms with E-state index in [9.17, 15) is 14.0 Å². The van der Waals surface area contributed by atoms with Gasteiger partial charge in [-0.05, 0) is 44.2 Å². The maximum absolute atomic E-state index is 13.4. The number of piperazine rings is 1. The first-order chi connectivity index (χ1) is 11.5. The standard InChI is InChI=1S/C19H19FN2O2/c1-13-5-3-6-15(11-13)19(24)21-9-10-22(18(23)14(21)2)17-8-4-7-16(20)12-17/h3-8,11-12,14H,9-10H2,1-2H3. The first-order valence-corrected chi connectivity index (χ1v) is 7.92. The number of benzene rings is 2. The number of carbonyl (C=O) groups excluding carboxylic acids is 2. The van der Waals surface area contributed by atoms with E-state index >= 15 is 0 Å². The van der Waals surface area contributed by atoms with Gasteiger partial charge in [0.25, 0.3) is 5.91 Å². The Morgan fingerprint density at radius 1 is 1.12 bits per heavy atom. The Morgan fingerprint density at radius 3 is 2.58 bits per heavy atom. The summed E-state index contributed by atoms with van der Waals surface area (Å²) in [6.45, 7) is 4.40. The van der Waals surface area contributed by atoms with Gasteiger partial charge in [-0.2, -0.15) is 0 Å². The third-order valence-corrected chi connectivity index (χ3v) is 4.30. The van der Waals surface area contributed by atoms with Crippen molar-refractivity contribution in [1.82, 2.24) is 4.90 Å². The lowest BCUT2D eigenvalue weighted by Gasteiger charge is -2.39. The van der Waals surface area contributed by atoms with Crippen molar-refractivity contribution in [1.29, 1.82) is 0 Å². The smallest absolute Gasteiger partial charge is 0.254 e. The van der Waals surface area contributed by atoms with Crippen LogP contribution in [0.5, 0.6) is 0 Å². The van der Waals surface area contributed by atoms with Crippen LogP contribution >= 0.6 is 0 Å². The van der Waals surface area contributed by atoms with E-state index < -0.39 is 6.04 Å². The van der Waals surface area contributed by atoms with E-state index in [1.807, 2.05) is 25.1 Å². The van der Waals surface area contributed by atoms with Crippen LogP contribution in [-0.4, -0.2) is 35.8 Å². The van der Waals surface area contributed by atoms with Gasteiger partial charge >= 0.3 is 0 Å². The van der Waals surface area contributed by atoms with E-state index in [1.54, 1.807) is 30.0 Å². The first kappa shape index (κ1) is 16.2. The molecule has 0 aliphatic carbocycles. The largest absolute Gasteiger partial charge is 0.325 e. The van der Waals surface area contributed by atoms with Crippen molar-refractivity contribution in [3.05, 3.63) is 65.5 Å². The highest BCUT2D eigenvalue weighted by molar-refractivity contribution is 6.03. The molecule has 24 heavy (non-hydrogen) atoms. The SMILES string of the molecule is Cc1cccc(C(=O)N2CCN(c3cccc(F)c3)C(=O)C2C)c1. The molecule has 0 N–H and O–H groups in total. The predicted octanol–water partition coefficient (Wildman–Crippen LogP) is 3.01. The minimum Gasteiger partial charge on any atom is -0.325 e. The summed E-state index contributed by atoms with van der Waals surface area (Å²) < 4.78 is 13.4. The van der Waals surface area contributed by atoms with Crippen LogP contribution in [-0.2, 0) is 4.79 Å². The molecule has 1 aliphatic heterocycles. The normalized spacial score (nSPS) is 18.0. The summed E-state index contributed by atoms with van der Waals surface area (Å²) in [7, 11) is 0. The van der Waals surface area contributed by atoms with Gasteiger partial charge in [0.2, 0.25) is 5.91 Å². The zero-order valence-corrected chi connectivity index (χ0v) is 13.7. The Kier molecular flexibility index (Phi) is 4.34. The number of aryl methyl sites for hydroxylation is 1. The quantitative estimate of drug-likeness (QED) is 0.851. The molecule has 0 radical (unpaired) electrons. The molecule has 1 fully saturated rings. The molecule has 1 atom stereocenters. The maximum Gasteiger partial charge on any atom is 0.254 e. The lowest BCUT2D eigenvalue weighted by molar-refractivity contribution is -0.124. The van der Waals surface area contributed by atoms with Gasteiger partial charge in [-0.1, -0.05) is 23.8 Å². The van der Waals surface area contributed by atoms with Gasteiger partial charge < -0.3 is 9.80 Å². The number of halogens is 1. The summed E-state index contributed by atoms with van der Waals surface area (Å²) in [5.74, 6) is -0.738. The molecule has 5 heteroatoms. The van der Waals surface area contributed by atoms with E-state index in [-0.39, 0.29) is 17.6 Å². The van der Waals surface area contributed by atoms with Crippen LogP contribution in [0.1, 0.15) is 22.8 Å². The Bertz CT molecular complexity index is 790. The fourth-order valence-corrected chi connectivity index (χ4v) is 2.99. The second-order valence-corrected chi connectivity index (χ2v) is 6.01. The van der Waals surface area contributed by atoms with Crippen LogP contribution in [0, 0.1) is 12.7 Å². The van der Waals surface area contributed by atoms with Gasteiger partial charge in [0.05, 0.1) is 0 Å². The van der Waals surface area contributed by atoms with Crippen molar-refractivity contribution in [2.75, 3.05) is 18.0 Å². The zero-order chi connectivity index (χ0) is 17.3. The Hall–Kier alpha value is -2.69. The van der Waals surface area contributed by atoms with Gasteiger partial charge in [-0.15, -0.1) is 0 Å². The summed E-state index contributed by atoms with van der Waals surface area (Å²) >= 11 is 0. The van der Waals surface area contributed by atoms with Crippen LogP contribution < -0.4 is 4.90 Å². The number of anilines is 1. The van der Waals surface area contributed by atoms with Crippen LogP contribution in [0.3, 0.4) is 0 Å². The van der Waals surface area contributed by atoms with Crippen LogP contribution in [0.4, 0.5) is 10.1 Å². The molecule has 1 saturated heterocycles. The minimum absolute atomic E-state index is 0.154. The van der Waals surface area contributed by atoms with Gasteiger partial charge in [0.15, 0.2) is 0 Å². The van der Waals surface area contributed by atoms with Crippen LogP contribution in [0.2, 0.25) is 0 Å². The molecule has 2 aromatic carbocycles. The number of amides is 2. The number of hydrogen-bond donors (Lipinski definition) is 0. The van der Waals surface area contributed by atoms with E-state index in [1.165, 1.54) is 17.0 Å². The fourth-order valence-electron chi connectivity index (χ4n) is 2.99. The number of carbonyl (C=O) groups is 2. The van der Waals surface area contributed by atoms with E-state index in [4.69, 9.17) is 0 Å². The van der Waals surface area contributed by atoms with E-state index in [2.05, 4.69) is 0 Å². The Labute approximate surface area is 140 Å². The van der Waals surface area contributed by atoms with Crippen molar-refractivity contribution in [2.45, 2.75) is 19.9 Å². The van der Waals surface area contributed by atoms with Crippen molar-refractivity contribution in [3.63, 3.8) is 0 Å². The summed E-state index contributed by atoms with van der Waals surface area (Å²) in [6, 6.07) is 12.7. The van der Waals surface area contributed by atoms with Gasteiger partial charge in [-0.3, -0.25) is 9.59 Å². The lowest BCUT2D eigenvalue weighted by atomic mass is 10.1.